The van der Waals surface area contributed by atoms with E-state index in [4.69, 9.17) is 0 Å². The average Bonchev–Trinajstić information content (AvgIpc) is 2.69. The molecular formula is C19H12BrN5. The highest BCUT2D eigenvalue weighted by atomic mass is 79.9. The third kappa shape index (κ3) is 3.44. The Morgan fingerprint density at radius 3 is 1.36 bits per heavy atom. The van der Waals surface area contributed by atoms with Gasteiger partial charge in [0.1, 0.15) is 0 Å². The molecule has 4 aromatic rings. The second-order valence-corrected chi connectivity index (χ2v) is 5.99. The molecule has 0 unspecified atom stereocenters. The highest BCUT2D eigenvalue weighted by molar-refractivity contribution is 9.10. The van der Waals surface area contributed by atoms with Gasteiger partial charge in [-0.05, 0) is 15.9 Å². The Labute approximate surface area is 153 Å². The Kier molecular flexibility index (Phi) is 4.26. The first-order valence-electron chi connectivity index (χ1n) is 7.64. The minimum atomic E-state index is 0.525. The van der Waals surface area contributed by atoms with Crippen LogP contribution in [0.2, 0.25) is 0 Å². The fourth-order valence-electron chi connectivity index (χ4n) is 2.37. The van der Waals surface area contributed by atoms with Crippen molar-refractivity contribution in [1.29, 1.82) is 0 Å². The van der Waals surface area contributed by atoms with Crippen molar-refractivity contribution in [2.24, 2.45) is 0 Å². The van der Waals surface area contributed by atoms with Crippen LogP contribution in [0, 0.1) is 0 Å². The molecule has 5 nitrogen and oxygen atoms in total. The summed E-state index contributed by atoms with van der Waals surface area (Å²) in [6.07, 6.45) is 3.38. The average molecular weight is 390 g/mol. The molecule has 0 aliphatic heterocycles. The SMILES string of the molecule is Brc1ncc(-c2nc(-c3ccccc3)nc(-c3ccccc3)n2)cn1. The molecule has 0 fully saturated rings. The van der Waals surface area contributed by atoms with Crippen LogP contribution in [0.4, 0.5) is 0 Å². The van der Waals surface area contributed by atoms with Crippen molar-refractivity contribution < 1.29 is 0 Å². The van der Waals surface area contributed by atoms with Gasteiger partial charge in [-0.25, -0.2) is 24.9 Å². The predicted octanol–water partition coefficient (Wildman–Crippen LogP) is 4.43. The van der Waals surface area contributed by atoms with Crippen molar-refractivity contribution in [3.63, 3.8) is 0 Å². The first-order valence-corrected chi connectivity index (χ1v) is 8.44. The molecule has 0 amide bonds. The summed E-state index contributed by atoms with van der Waals surface area (Å²) in [5, 5.41) is 0. The molecular weight excluding hydrogens is 378 g/mol. The maximum atomic E-state index is 4.64. The second kappa shape index (κ2) is 6.86. The van der Waals surface area contributed by atoms with Crippen molar-refractivity contribution in [3.8, 4) is 34.2 Å². The predicted molar refractivity (Wildman–Crippen MR) is 99.4 cm³/mol. The van der Waals surface area contributed by atoms with Crippen LogP contribution in [0.15, 0.2) is 77.8 Å². The van der Waals surface area contributed by atoms with Crippen LogP contribution in [0.5, 0.6) is 0 Å². The standard InChI is InChI=1S/C19H12BrN5/c20-19-21-11-15(12-22-19)18-24-16(13-7-3-1-4-8-13)23-17(25-18)14-9-5-2-6-10-14/h1-12H. The van der Waals surface area contributed by atoms with Gasteiger partial charge < -0.3 is 0 Å². The van der Waals surface area contributed by atoms with Gasteiger partial charge in [-0.15, -0.1) is 0 Å². The number of halogens is 1. The molecule has 0 N–H and O–H groups in total. The summed E-state index contributed by atoms with van der Waals surface area (Å²) in [6.45, 7) is 0. The van der Waals surface area contributed by atoms with Crippen molar-refractivity contribution in [2.45, 2.75) is 0 Å². The van der Waals surface area contributed by atoms with E-state index < -0.39 is 0 Å². The van der Waals surface area contributed by atoms with E-state index >= 15 is 0 Å². The zero-order valence-electron chi connectivity index (χ0n) is 13.0. The van der Waals surface area contributed by atoms with Gasteiger partial charge in [-0.2, -0.15) is 0 Å². The van der Waals surface area contributed by atoms with Crippen LogP contribution in [-0.4, -0.2) is 24.9 Å². The Morgan fingerprint density at radius 1 is 0.520 bits per heavy atom. The van der Waals surface area contributed by atoms with Crippen molar-refractivity contribution >= 4 is 15.9 Å². The lowest BCUT2D eigenvalue weighted by Gasteiger charge is -2.07. The lowest BCUT2D eigenvalue weighted by atomic mass is 10.2. The largest absolute Gasteiger partial charge is 0.230 e. The molecule has 0 saturated carbocycles. The van der Waals surface area contributed by atoms with Gasteiger partial charge in [0.2, 0.25) is 0 Å². The van der Waals surface area contributed by atoms with Gasteiger partial charge in [-0.3, -0.25) is 0 Å². The normalized spacial score (nSPS) is 10.6. The van der Waals surface area contributed by atoms with Crippen molar-refractivity contribution in [3.05, 3.63) is 77.8 Å². The van der Waals surface area contributed by atoms with Crippen molar-refractivity contribution in [2.75, 3.05) is 0 Å². The van der Waals surface area contributed by atoms with Crippen LogP contribution in [-0.2, 0) is 0 Å². The molecule has 4 rings (SSSR count). The number of hydrogen-bond acceptors (Lipinski definition) is 5. The molecule has 0 spiro atoms. The topological polar surface area (TPSA) is 64.5 Å². The highest BCUT2D eigenvalue weighted by Crippen LogP contribution is 2.23. The first-order chi connectivity index (χ1) is 12.3. The first kappa shape index (κ1) is 15.5. The zero-order valence-corrected chi connectivity index (χ0v) is 14.6. The van der Waals surface area contributed by atoms with Crippen LogP contribution in [0.3, 0.4) is 0 Å². The zero-order chi connectivity index (χ0) is 17.1. The molecule has 2 aromatic heterocycles. The summed E-state index contributed by atoms with van der Waals surface area (Å²) in [5.74, 6) is 1.78. The Bertz CT molecular complexity index is 931. The number of benzene rings is 2. The molecule has 2 aromatic carbocycles. The fraction of sp³-hybridized carbons (Fsp3) is 0. The summed E-state index contributed by atoms with van der Waals surface area (Å²) < 4.78 is 0.525. The van der Waals surface area contributed by atoms with E-state index in [2.05, 4.69) is 40.8 Å². The molecule has 0 aliphatic rings. The molecule has 0 radical (unpaired) electrons. The number of aromatic nitrogens is 5. The molecule has 6 heteroatoms. The number of hydrogen-bond donors (Lipinski definition) is 0. The second-order valence-electron chi connectivity index (χ2n) is 5.28. The van der Waals surface area contributed by atoms with Crippen molar-refractivity contribution in [1.82, 2.24) is 24.9 Å². The van der Waals surface area contributed by atoms with Gasteiger partial charge in [0, 0.05) is 23.5 Å². The maximum absolute atomic E-state index is 4.64. The minimum absolute atomic E-state index is 0.525. The highest BCUT2D eigenvalue weighted by Gasteiger charge is 2.12. The molecule has 25 heavy (non-hydrogen) atoms. The Morgan fingerprint density at radius 2 is 0.920 bits per heavy atom. The van der Waals surface area contributed by atoms with Gasteiger partial charge in [0.15, 0.2) is 22.2 Å². The lowest BCUT2D eigenvalue weighted by molar-refractivity contribution is 1.05. The van der Waals surface area contributed by atoms with E-state index in [0.717, 1.165) is 16.7 Å². The van der Waals surface area contributed by atoms with E-state index in [1.807, 2.05) is 60.7 Å². The Hall–Kier alpha value is -2.99. The molecule has 0 bridgehead atoms. The summed E-state index contributed by atoms with van der Waals surface area (Å²) in [6, 6.07) is 19.7. The van der Waals surface area contributed by atoms with Gasteiger partial charge in [-0.1, -0.05) is 60.7 Å². The van der Waals surface area contributed by atoms with E-state index in [1.165, 1.54) is 0 Å². The molecule has 2 heterocycles. The number of nitrogens with zero attached hydrogens (tertiary/aromatic N) is 5. The molecule has 0 aliphatic carbocycles. The van der Waals surface area contributed by atoms with E-state index in [9.17, 15) is 0 Å². The van der Waals surface area contributed by atoms with Crippen LogP contribution in [0.1, 0.15) is 0 Å². The van der Waals surface area contributed by atoms with Crippen LogP contribution in [0.25, 0.3) is 34.2 Å². The van der Waals surface area contributed by atoms with E-state index in [0.29, 0.717) is 22.2 Å². The van der Waals surface area contributed by atoms with Gasteiger partial charge in [0.05, 0.1) is 5.56 Å². The summed E-state index contributed by atoms with van der Waals surface area (Å²) in [7, 11) is 0. The third-order valence-electron chi connectivity index (χ3n) is 3.58. The lowest BCUT2D eigenvalue weighted by Crippen LogP contribution is -2.00. The van der Waals surface area contributed by atoms with E-state index in [-0.39, 0.29) is 0 Å². The smallest absolute Gasteiger partial charge is 0.196 e. The molecule has 0 atom stereocenters. The Balaban J connectivity index is 1.90. The monoisotopic (exact) mass is 389 g/mol. The van der Waals surface area contributed by atoms with Crippen LogP contribution < -0.4 is 0 Å². The van der Waals surface area contributed by atoms with Gasteiger partial charge in [0.25, 0.3) is 0 Å². The fourth-order valence-corrected chi connectivity index (χ4v) is 2.57. The quantitative estimate of drug-likeness (QED) is 0.485. The van der Waals surface area contributed by atoms with Crippen LogP contribution >= 0.6 is 15.9 Å². The van der Waals surface area contributed by atoms with E-state index in [1.54, 1.807) is 12.4 Å². The summed E-state index contributed by atoms with van der Waals surface area (Å²) in [4.78, 5) is 22.2. The molecule has 120 valence electrons. The summed E-state index contributed by atoms with van der Waals surface area (Å²) in [5.41, 5.74) is 2.60. The minimum Gasteiger partial charge on any atom is -0.230 e. The maximum Gasteiger partial charge on any atom is 0.196 e. The van der Waals surface area contributed by atoms with Gasteiger partial charge >= 0.3 is 0 Å². The molecule has 0 saturated heterocycles. The summed E-state index contributed by atoms with van der Waals surface area (Å²) >= 11 is 3.24. The number of rotatable bonds is 3. The third-order valence-corrected chi connectivity index (χ3v) is 3.99.